The smallest absolute Gasteiger partial charge is 0.416 e. The Balaban J connectivity index is 1.51. The number of ether oxygens (including phenoxy) is 1. The van der Waals surface area contributed by atoms with Gasteiger partial charge in [0, 0.05) is 55.8 Å². The molecule has 242 valence electrons. The molecular formula is C33H43F3N6O3+2. The predicted molar refractivity (Wildman–Crippen MR) is 172 cm³/mol. The Morgan fingerprint density at radius 3 is 2.36 bits per heavy atom. The van der Waals surface area contributed by atoms with Crippen molar-refractivity contribution in [2.45, 2.75) is 19.6 Å². The number of methoxy groups -OCH3 is 1. The molecule has 0 aliphatic carbocycles. The number of carbonyl (C=O) groups excluding carboxylic acids is 2. The Morgan fingerprint density at radius 1 is 1.07 bits per heavy atom. The second-order valence-corrected chi connectivity index (χ2v) is 12.8. The molecule has 0 radical (unpaired) electrons. The van der Waals surface area contributed by atoms with Crippen LogP contribution in [0.15, 0.2) is 60.3 Å². The zero-order valence-electron chi connectivity index (χ0n) is 27.1. The number of aromatic amines is 1. The molecule has 3 aromatic rings. The summed E-state index contributed by atoms with van der Waals surface area (Å²) in [4.78, 5) is 37.1. The Kier molecular flexibility index (Phi) is 9.74. The van der Waals surface area contributed by atoms with Gasteiger partial charge in [0.15, 0.2) is 5.69 Å². The second kappa shape index (κ2) is 12.9. The maximum atomic E-state index is 14.2. The Morgan fingerprint density at radius 2 is 1.73 bits per heavy atom. The van der Waals surface area contributed by atoms with Crippen LogP contribution in [0.3, 0.4) is 0 Å². The first-order chi connectivity index (χ1) is 20.9. The van der Waals surface area contributed by atoms with E-state index in [-0.39, 0.29) is 28.2 Å². The molecule has 12 heteroatoms. The molecule has 9 nitrogen and oxygen atoms in total. The lowest BCUT2D eigenvalue weighted by atomic mass is 10.0. The van der Waals surface area contributed by atoms with Gasteiger partial charge in [-0.1, -0.05) is 12.6 Å². The van der Waals surface area contributed by atoms with Crippen molar-refractivity contribution in [3.05, 3.63) is 77.2 Å². The molecule has 3 heterocycles. The summed E-state index contributed by atoms with van der Waals surface area (Å²) in [7, 11) is 10.4. The van der Waals surface area contributed by atoms with Crippen LogP contribution in [-0.4, -0.2) is 107 Å². The van der Waals surface area contributed by atoms with Crippen LogP contribution in [0.1, 0.15) is 28.5 Å². The number of rotatable bonds is 9. The number of quaternary nitrogens is 2. The third-order valence-electron chi connectivity index (χ3n) is 8.46. The van der Waals surface area contributed by atoms with Gasteiger partial charge in [-0.2, -0.15) is 13.2 Å². The summed E-state index contributed by atoms with van der Waals surface area (Å²) in [5, 5.41) is 0.749. The number of benzene rings is 1. The number of aromatic nitrogens is 2. The van der Waals surface area contributed by atoms with E-state index in [0.29, 0.717) is 46.6 Å². The lowest BCUT2D eigenvalue weighted by Crippen LogP contribution is -2.47. The SMILES string of the molecule is C=C(C=C(C)C(=O)[N+](C)(C)c1ccc(CN2CCN(C)CC2)c(C(F)(F)F)c1)C[N+](C)(C)c1cnc2[nH]c(C(=O)OC)cc2c1. The molecule has 0 atom stereocenters. The first-order valence-electron chi connectivity index (χ1n) is 14.7. The topological polar surface area (TPSA) is 78.5 Å². The summed E-state index contributed by atoms with van der Waals surface area (Å²) in [5.74, 6) is -0.827. The van der Waals surface area contributed by atoms with Gasteiger partial charge in [0.25, 0.3) is 0 Å². The zero-order valence-corrected chi connectivity index (χ0v) is 27.1. The number of nitrogens with zero attached hydrogens (tertiary/aromatic N) is 5. The number of halogens is 3. The number of pyridine rings is 1. The third-order valence-corrected chi connectivity index (χ3v) is 8.46. The lowest BCUT2D eigenvalue weighted by molar-refractivity contribution is -0.138. The van der Waals surface area contributed by atoms with Crippen LogP contribution in [0.25, 0.3) is 11.0 Å². The molecule has 1 fully saturated rings. The van der Waals surface area contributed by atoms with Crippen molar-refractivity contribution in [2.24, 2.45) is 0 Å². The fourth-order valence-electron chi connectivity index (χ4n) is 5.69. The van der Waals surface area contributed by atoms with E-state index in [4.69, 9.17) is 4.74 Å². The summed E-state index contributed by atoms with van der Waals surface area (Å²) >= 11 is 0. The summed E-state index contributed by atoms with van der Waals surface area (Å²) in [5.41, 5.74) is 2.49. The quantitative estimate of drug-likeness (QED) is 0.156. The van der Waals surface area contributed by atoms with Crippen LogP contribution in [0.2, 0.25) is 0 Å². The molecule has 0 spiro atoms. The highest BCUT2D eigenvalue weighted by atomic mass is 19.4. The van der Waals surface area contributed by atoms with Crippen molar-refractivity contribution in [3.8, 4) is 0 Å². The molecule has 1 aliphatic rings. The van der Waals surface area contributed by atoms with Gasteiger partial charge in [0.1, 0.15) is 23.6 Å². The van der Waals surface area contributed by atoms with E-state index in [0.717, 1.165) is 30.2 Å². The molecule has 1 aliphatic heterocycles. The van der Waals surface area contributed by atoms with Gasteiger partial charge in [-0.3, -0.25) is 9.38 Å². The predicted octanol–water partition coefficient (Wildman–Crippen LogP) is 4.98. The highest BCUT2D eigenvalue weighted by Crippen LogP contribution is 2.37. The number of hydrogen-bond acceptors (Lipinski definition) is 6. The Bertz CT molecular complexity index is 1630. The Hall–Kier alpha value is -3.84. The van der Waals surface area contributed by atoms with Gasteiger partial charge in [-0.05, 0) is 37.7 Å². The second-order valence-electron chi connectivity index (χ2n) is 12.8. The van der Waals surface area contributed by atoms with Crippen LogP contribution >= 0.6 is 0 Å². The van der Waals surface area contributed by atoms with E-state index >= 15 is 0 Å². The summed E-state index contributed by atoms with van der Waals surface area (Å²) in [6, 6.07) is 7.84. The summed E-state index contributed by atoms with van der Waals surface area (Å²) < 4.78 is 47.4. The number of hydrogen-bond donors (Lipinski definition) is 1. The summed E-state index contributed by atoms with van der Waals surface area (Å²) in [6.07, 6.45) is -1.16. The molecule has 45 heavy (non-hydrogen) atoms. The minimum Gasteiger partial charge on any atom is -0.464 e. The molecule has 1 aromatic carbocycles. The molecule has 1 saturated heterocycles. The van der Waals surface area contributed by atoms with Crippen molar-refractivity contribution in [2.75, 3.05) is 75.1 Å². The molecule has 1 N–H and O–H groups in total. The van der Waals surface area contributed by atoms with E-state index in [2.05, 4.69) is 21.4 Å². The molecule has 2 aromatic heterocycles. The number of nitrogens with one attached hydrogen (secondary N) is 1. The van der Waals surface area contributed by atoms with Crippen molar-refractivity contribution in [1.82, 2.24) is 28.7 Å². The number of H-pyrrole nitrogens is 1. The van der Waals surface area contributed by atoms with Crippen molar-refractivity contribution in [1.29, 1.82) is 0 Å². The summed E-state index contributed by atoms with van der Waals surface area (Å²) in [6.45, 7) is 9.47. The van der Waals surface area contributed by atoms with Crippen LogP contribution in [-0.2, 0) is 22.3 Å². The van der Waals surface area contributed by atoms with E-state index in [1.54, 1.807) is 45.4 Å². The van der Waals surface area contributed by atoms with Gasteiger partial charge in [0.05, 0.1) is 52.6 Å². The number of carbonyl (C=O) groups is 2. The number of amides is 1. The molecule has 4 rings (SSSR count). The standard InChI is InChI=1S/C33H42F3N6O3/c1-22(21-41(4,5)27-16-25-17-29(32(44)45-8)38-30(25)37-19-27)15-23(2)31(43)42(6,7)26-10-9-24(28(18-26)33(34,35)36)20-40-13-11-39(3)12-14-40/h9-10,15-19H,1,11-14,20-21H2,2-8H3/q+1/p+1. The molecule has 0 saturated carbocycles. The number of fused-ring (bicyclic) bond motifs is 1. The van der Waals surface area contributed by atoms with Crippen LogP contribution < -0.4 is 8.97 Å². The van der Waals surface area contributed by atoms with Gasteiger partial charge in [-0.25, -0.2) is 19.1 Å². The monoisotopic (exact) mass is 628 g/mol. The molecule has 0 bridgehead atoms. The maximum absolute atomic E-state index is 14.2. The first-order valence-corrected chi connectivity index (χ1v) is 14.7. The van der Waals surface area contributed by atoms with E-state index < -0.39 is 17.7 Å². The molecular weight excluding hydrogens is 585 g/mol. The maximum Gasteiger partial charge on any atom is 0.416 e. The van der Waals surface area contributed by atoms with Gasteiger partial charge in [-0.15, -0.1) is 0 Å². The lowest BCUT2D eigenvalue weighted by Gasteiger charge is -2.33. The van der Waals surface area contributed by atoms with Crippen molar-refractivity contribution >= 4 is 34.3 Å². The number of likely N-dealkylation sites (N-methyl/N-ethyl adjacent to an activating group) is 3. The Labute approximate surface area is 262 Å². The largest absolute Gasteiger partial charge is 0.464 e. The van der Waals surface area contributed by atoms with Gasteiger partial charge < -0.3 is 14.6 Å². The van der Waals surface area contributed by atoms with Crippen LogP contribution in [0, 0.1) is 0 Å². The van der Waals surface area contributed by atoms with Crippen LogP contribution in [0.4, 0.5) is 24.5 Å². The van der Waals surface area contributed by atoms with Crippen molar-refractivity contribution in [3.63, 3.8) is 0 Å². The van der Waals surface area contributed by atoms with Gasteiger partial charge in [0.2, 0.25) is 0 Å². The highest BCUT2D eigenvalue weighted by molar-refractivity contribution is 6.01. The third kappa shape index (κ3) is 7.70. The fraction of sp³-hybridized carbons (Fsp3) is 0.424. The first kappa shape index (κ1) is 34.0. The molecule has 1 amide bonds. The molecule has 0 unspecified atom stereocenters. The number of piperazine rings is 1. The van der Waals surface area contributed by atoms with Crippen molar-refractivity contribution < 1.29 is 27.5 Å². The number of esters is 1. The average Bonchev–Trinajstić information content (AvgIpc) is 3.40. The van der Waals surface area contributed by atoms with E-state index in [9.17, 15) is 22.8 Å². The minimum absolute atomic E-state index is 0.204. The van der Waals surface area contributed by atoms with Crippen LogP contribution in [0.5, 0.6) is 0 Å². The van der Waals surface area contributed by atoms with E-state index in [1.807, 2.05) is 32.1 Å². The highest BCUT2D eigenvalue weighted by Gasteiger charge is 2.38. The van der Waals surface area contributed by atoms with Gasteiger partial charge >= 0.3 is 18.1 Å². The number of alkyl halides is 3. The normalized spacial score (nSPS) is 15.8. The minimum atomic E-state index is -4.55. The van der Waals surface area contributed by atoms with E-state index in [1.165, 1.54) is 13.2 Å². The average molecular weight is 629 g/mol. The zero-order chi connectivity index (χ0) is 33.3. The fourth-order valence-corrected chi connectivity index (χ4v) is 5.69.